The maximum Gasteiger partial charge on any atom is 0.230 e. The standard InChI is InChI=1S/C11H22N2O2S/c1-6-11(8-12)16(14,15)13(5)10(4)7-9(2)3/h9-11H,6-7H2,1-5H3. The summed E-state index contributed by atoms with van der Waals surface area (Å²) in [5, 5.41) is 7.89. The molecule has 0 N–H and O–H groups in total. The van der Waals surface area contributed by atoms with Crippen molar-refractivity contribution in [2.24, 2.45) is 5.92 Å². The first-order valence-electron chi connectivity index (χ1n) is 5.63. The second kappa shape index (κ2) is 6.21. The highest BCUT2D eigenvalue weighted by Gasteiger charge is 2.31. The van der Waals surface area contributed by atoms with E-state index in [1.807, 2.05) is 13.0 Å². The van der Waals surface area contributed by atoms with Gasteiger partial charge in [-0.25, -0.2) is 12.7 Å². The predicted molar refractivity (Wildman–Crippen MR) is 65.3 cm³/mol. The molecular formula is C11H22N2O2S. The van der Waals surface area contributed by atoms with Crippen LogP contribution in [0.2, 0.25) is 0 Å². The first kappa shape index (κ1) is 15.4. The molecule has 2 atom stereocenters. The normalized spacial score (nSPS) is 16.1. The molecule has 0 aliphatic heterocycles. The lowest BCUT2D eigenvalue weighted by Gasteiger charge is -2.27. The van der Waals surface area contributed by atoms with Gasteiger partial charge in [0, 0.05) is 13.1 Å². The van der Waals surface area contributed by atoms with Crippen LogP contribution in [0.1, 0.15) is 40.5 Å². The number of hydrogen-bond acceptors (Lipinski definition) is 3. The summed E-state index contributed by atoms with van der Waals surface area (Å²) < 4.78 is 25.4. The zero-order valence-electron chi connectivity index (χ0n) is 10.8. The molecule has 16 heavy (non-hydrogen) atoms. The average Bonchev–Trinajstić information content (AvgIpc) is 2.16. The second-order valence-electron chi connectivity index (χ2n) is 4.57. The Labute approximate surface area is 99.3 Å². The van der Waals surface area contributed by atoms with Gasteiger partial charge in [0.1, 0.15) is 0 Å². The van der Waals surface area contributed by atoms with Gasteiger partial charge in [0.25, 0.3) is 0 Å². The first-order valence-corrected chi connectivity index (χ1v) is 7.14. The van der Waals surface area contributed by atoms with Crippen molar-refractivity contribution in [1.29, 1.82) is 5.26 Å². The molecule has 0 radical (unpaired) electrons. The number of hydrogen-bond donors (Lipinski definition) is 0. The van der Waals surface area contributed by atoms with E-state index in [0.717, 1.165) is 6.42 Å². The third-order valence-electron chi connectivity index (χ3n) is 2.71. The Hall–Kier alpha value is -0.600. The summed E-state index contributed by atoms with van der Waals surface area (Å²) in [5.41, 5.74) is 0. The lowest BCUT2D eigenvalue weighted by Crippen LogP contribution is -2.41. The monoisotopic (exact) mass is 246 g/mol. The minimum atomic E-state index is -3.47. The highest BCUT2D eigenvalue weighted by molar-refractivity contribution is 7.90. The zero-order valence-corrected chi connectivity index (χ0v) is 11.6. The van der Waals surface area contributed by atoms with E-state index >= 15 is 0 Å². The summed E-state index contributed by atoms with van der Waals surface area (Å²) in [6.45, 7) is 7.70. The van der Waals surface area contributed by atoms with Crippen LogP contribution in [0.5, 0.6) is 0 Å². The van der Waals surface area contributed by atoms with Crippen LogP contribution < -0.4 is 0 Å². The van der Waals surface area contributed by atoms with E-state index in [4.69, 9.17) is 5.26 Å². The molecule has 5 heteroatoms. The van der Waals surface area contributed by atoms with Crippen LogP contribution in [-0.4, -0.2) is 31.1 Å². The highest BCUT2D eigenvalue weighted by atomic mass is 32.2. The van der Waals surface area contributed by atoms with E-state index in [0.29, 0.717) is 12.3 Å². The van der Waals surface area contributed by atoms with Gasteiger partial charge < -0.3 is 0 Å². The van der Waals surface area contributed by atoms with Gasteiger partial charge in [-0.05, 0) is 25.7 Å². The SMILES string of the molecule is CCC(C#N)S(=O)(=O)N(C)C(C)CC(C)C. The van der Waals surface area contributed by atoms with Crippen molar-refractivity contribution in [1.82, 2.24) is 4.31 Å². The molecule has 0 amide bonds. The van der Waals surface area contributed by atoms with Gasteiger partial charge in [-0.3, -0.25) is 0 Å². The van der Waals surface area contributed by atoms with E-state index in [1.165, 1.54) is 4.31 Å². The van der Waals surface area contributed by atoms with Crippen molar-refractivity contribution in [3.63, 3.8) is 0 Å². The Morgan fingerprint density at radius 2 is 1.81 bits per heavy atom. The van der Waals surface area contributed by atoms with Gasteiger partial charge in [0.05, 0.1) is 6.07 Å². The third-order valence-corrected chi connectivity index (χ3v) is 5.03. The van der Waals surface area contributed by atoms with Crippen LogP contribution in [0.25, 0.3) is 0 Å². The molecule has 94 valence electrons. The van der Waals surface area contributed by atoms with Gasteiger partial charge in [-0.1, -0.05) is 20.8 Å². The number of rotatable bonds is 6. The molecule has 0 spiro atoms. The molecule has 0 aliphatic rings. The summed E-state index contributed by atoms with van der Waals surface area (Å²) in [6.07, 6.45) is 1.13. The molecule has 0 saturated carbocycles. The van der Waals surface area contributed by atoms with E-state index < -0.39 is 15.3 Å². The summed E-state index contributed by atoms with van der Waals surface area (Å²) in [5.74, 6) is 0.440. The van der Waals surface area contributed by atoms with Crippen molar-refractivity contribution in [2.75, 3.05) is 7.05 Å². The van der Waals surface area contributed by atoms with Crippen LogP contribution in [-0.2, 0) is 10.0 Å². The molecule has 2 unspecified atom stereocenters. The smallest absolute Gasteiger partial charge is 0.211 e. The van der Waals surface area contributed by atoms with E-state index in [2.05, 4.69) is 13.8 Å². The molecule has 0 bridgehead atoms. The summed E-state index contributed by atoms with van der Waals surface area (Å²) in [6, 6.07) is 1.79. The Balaban J connectivity index is 4.84. The van der Waals surface area contributed by atoms with Gasteiger partial charge >= 0.3 is 0 Å². The minimum absolute atomic E-state index is 0.0626. The molecule has 0 saturated heterocycles. The van der Waals surface area contributed by atoms with Gasteiger partial charge in [0.15, 0.2) is 5.25 Å². The second-order valence-corrected chi connectivity index (χ2v) is 6.74. The fourth-order valence-corrected chi connectivity index (χ4v) is 3.19. The molecular weight excluding hydrogens is 224 g/mol. The van der Waals surface area contributed by atoms with Gasteiger partial charge in [0.2, 0.25) is 10.0 Å². The molecule has 0 fully saturated rings. The van der Waals surface area contributed by atoms with Gasteiger partial charge in [-0.2, -0.15) is 5.26 Å². The molecule has 4 nitrogen and oxygen atoms in total. The van der Waals surface area contributed by atoms with Crippen LogP contribution in [0.4, 0.5) is 0 Å². The topological polar surface area (TPSA) is 61.2 Å². The van der Waals surface area contributed by atoms with E-state index in [-0.39, 0.29) is 6.04 Å². The Morgan fingerprint density at radius 1 is 1.31 bits per heavy atom. The lowest BCUT2D eigenvalue weighted by atomic mass is 10.1. The van der Waals surface area contributed by atoms with Crippen LogP contribution >= 0.6 is 0 Å². The first-order chi connectivity index (χ1) is 7.27. The average molecular weight is 246 g/mol. The van der Waals surface area contributed by atoms with Gasteiger partial charge in [-0.15, -0.1) is 0 Å². The zero-order chi connectivity index (χ0) is 12.9. The maximum absolute atomic E-state index is 12.0. The Morgan fingerprint density at radius 3 is 2.12 bits per heavy atom. The number of nitrogens with zero attached hydrogens (tertiary/aromatic N) is 2. The molecule has 0 aromatic heterocycles. The molecule has 0 aromatic carbocycles. The van der Waals surface area contributed by atoms with Crippen LogP contribution in [0, 0.1) is 17.2 Å². The summed E-state index contributed by atoms with van der Waals surface area (Å²) in [7, 11) is -1.92. The van der Waals surface area contributed by atoms with E-state index in [9.17, 15) is 8.42 Å². The maximum atomic E-state index is 12.0. The molecule has 0 aliphatic carbocycles. The predicted octanol–water partition coefficient (Wildman–Crippen LogP) is 1.98. The number of nitriles is 1. The van der Waals surface area contributed by atoms with E-state index in [1.54, 1.807) is 14.0 Å². The lowest BCUT2D eigenvalue weighted by molar-refractivity contribution is 0.335. The van der Waals surface area contributed by atoms with Crippen molar-refractivity contribution in [3.8, 4) is 6.07 Å². The summed E-state index contributed by atoms with van der Waals surface area (Å²) in [4.78, 5) is 0. The molecule has 0 aromatic rings. The third kappa shape index (κ3) is 3.76. The Bertz CT molecular complexity index is 343. The minimum Gasteiger partial charge on any atom is -0.211 e. The molecule has 0 heterocycles. The molecule has 0 rings (SSSR count). The van der Waals surface area contributed by atoms with Crippen molar-refractivity contribution < 1.29 is 8.42 Å². The fourth-order valence-electron chi connectivity index (χ4n) is 1.65. The van der Waals surface area contributed by atoms with Crippen molar-refractivity contribution in [3.05, 3.63) is 0 Å². The van der Waals surface area contributed by atoms with Crippen molar-refractivity contribution in [2.45, 2.75) is 51.8 Å². The highest BCUT2D eigenvalue weighted by Crippen LogP contribution is 2.17. The summed E-state index contributed by atoms with van der Waals surface area (Å²) >= 11 is 0. The quantitative estimate of drug-likeness (QED) is 0.720. The number of sulfonamides is 1. The van der Waals surface area contributed by atoms with Crippen molar-refractivity contribution >= 4 is 10.0 Å². The van der Waals surface area contributed by atoms with Crippen LogP contribution in [0.15, 0.2) is 0 Å². The van der Waals surface area contributed by atoms with Crippen LogP contribution in [0.3, 0.4) is 0 Å². The Kier molecular flexibility index (Phi) is 5.98. The largest absolute Gasteiger partial charge is 0.230 e. The fraction of sp³-hybridized carbons (Fsp3) is 0.909.